The second-order valence-electron chi connectivity index (χ2n) is 7.27. The molecule has 1 aliphatic rings. The third-order valence-corrected chi connectivity index (χ3v) is 5.05. The second kappa shape index (κ2) is 6.50. The van der Waals surface area contributed by atoms with Crippen molar-refractivity contribution in [2.75, 3.05) is 6.54 Å². The standard InChI is InChI=1S/C19H18FN7O2/c1-10(2)17-23-24-18(29-17)19(28)26-7-5-12-15(22-9-21-12)16(26)13-8-14-11(20)4-3-6-27(14)25-13/h3-4,6,8-10,16H,5,7H2,1-2H3,(H,21,22)/t16-/m0/s1. The Hall–Kier alpha value is -3.56. The summed E-state index contributed by atoms with van der Waals surface area (Å²) in [7, 11) is 0. The van der Waals surface area contributed by atoms with Crippen molar-refractivity contribution in [2.45, 2.75) is 32.2 Å². The number of halogens is 1. The predicted octanol–water partition coefficient (Wildman–Crippen LogP) is 2.49. The number of fused-ring (bicyclic) bond motifs is 2. The van der Waals surface area contributed by atoms with Crippen molar-refractivity contribution in [3.8, 4) is 0 Å². The van der Waals surface area contributed by atoms with E-state index in [1.807, 2.05) is 13.8 Å². The zero-order chi connectivity index (χ0) is 20.1. The number of hydrogen-bond acceptors (Lipinski definition) is 6. The maximum atomic E-state index is 14.2. The summed E-state index contributed by atoms with van der Waals surface area (Å²) in [5.74, 6) is -0.452. The third kappa shape index (κ3) is 2.79. The molecule has 0 aromatic carbocycles. The van der Waals surface area contributed by atoms with E-state index in [0.29, 0.717) is 35.8 Å². The van der Waals surface area contributed by atoms with Crippen LogP contribution in [0.1, 0.15) is 59.5 Å². The van der Waals surface area contributed by atoms with E-state index in [1.165, 1.54) is 10.6 Å². The van der Waals surface area contributed by atoms with Gasteiger partial charge in [-0.25, -0.2) is 13.9 Å². The lowest BCUT2D eigenvalue weighted by Gasteiger charge is -2.32. The lowest BCUT2D eigenvalue weighted by molar-refractivity contribution is 0.0643. The van der Waals surface area contributed by atoms with Gasteiger partial charge in [0.15, 0.2) is 0 Å². The minimum atomic E-state index is -0.591. The molecule has 0 bridgehead atoms. The van der Waals surface area contributed by atoms with Crippen molar-refractivity contribution in [1.82, 2.24) is 34.7 Å². The highest BCUT2D eigenvalue weighted by molar-refractivity contribution is 5.90. The maximum Gasteiger partial charge on any atom is 0.312 e. The van der Waals surface area contributed by atoms with Crippen molar-refractivity contribution >= 4 is 11.4 Å². The predicted molar refractivity (Wildman–Crippen MR) is 98.7 cm³/mol. The zero-order valence-corrected chi connectivity index (χ0v) is 15.8. The van der Waals surface area contributed by atoms with Gasteiger partial charge in [-0.2, -0.15) is 5.10 Å². The molecule has 1 N–H and O–H groups in total. The largest absolute Gasteiger partial charge is 0.417 e. The highest BCUT2D eigenvalue weighted by Gasteiger charge is 2.38. The van der Waals surface area contributed by atoms with E-state index in [1.54, 1.807) is 29.6 Å². The van der Waals surface area contributed by atoms with Gasteiger partial charge in [0.2, 0.25) is 5.89 Å². The van der Waals surface area contributed by atoms with Gasteiger partial charge in [0.1, 0.15) is 17.4 Å². The number of hydrogen-bond donors (Lipinski definition) is 1. The lowest BCUT2D eigenvalue weighted by Crippen LogP contribution is -2.41. The number of imidazole rings is 1. The average Bonchev–Trinajstić information content (AvgIpc) is 3.44. The quantitative estimate of drug-likeness (QED) is 0.571. The average molecular weight is 395 g/mol. The number of carbonyl (C=O) groups excluding carboxylic acids is 1. The van der Waals surface area contributed by atoms with Gasteiger partial charge in [0.25, 0.3) is 0 Å². The van der Waals surface area contributed by atoms with E-state index >= 15 is 0 Å². The molecular formula is C19H18FN7O2. The van der Waals surface area contributed by atoms with E-state index < -0.39 is 11.9 Å². The number of carbonyl (C=O) groups is 1. The molecule has 148 valence electrons. The number of rotatable bonds is 3. The first-order chi connectivity index (χ1) is 14.0. The Bertz CT molecular complexity index is 1210. The maximum absolute atomic E-state index is 14.2. The number of amides is 1. The number of nitrogens with zero attached hydrogens (tertiary/aromatic N) is 6. The normalized spacial score (nSPS) is 16.6. The third-order valence-electron chi connectivity index (χ3n) is 5.05. The monoisotopic (exact) mass is 395 g/mol. The topological polar surface area (TPSA) is 105 Å². The summed E-state index contributed by atoms with van der Waals surface area (Å²) in [5.41, 5.74) is 2.44. The Morgan fingerprint density at radius 1 is 1.38 bits per heavy atom. The SMILES string of the molecule is CC(C)c1nnc(C(=O)N2CCc3[nH]cnc3[C@@H]2c2cc3c(F)cccn3n2)o1. The van der Waals surface area contributed by atoms with Crippen LogP contribution in [-0.2, 0) is 6.42 Å². The molecule has 0 radical (unpaired) electrons. The van der Waals surface area contributed by atoms with Crippen molar-refractivity contribution in [2.24, 2.45) is 0 Å². The van der Waals surface area contributed by atoms with Gasteiger partial charge in [-0.1, -0.05) is 13.8 Å². The molecule has 1 aliphatic heterocycles. The van der Waals surface area contributed by atoms with Crippen molar-refractivity contribution in [3.63, 3.8) is 0 Å². The minimum Gasteiger partial charge on any atom is -0.417 e. The van der Waals surface area contributed by atoms with Crippen LogP contribution in [0, 0.1) is 5.82 Å². The first kappa shape index (κ1) is 17.5. The Balaban J connectivity index is 1.60. The van der Waals surface area contributed by atoms with Crippen LogP contribution in [0.3, 0.4) is 0 Å². The van der Waals surface area contributed by atoms with Gasteiger partial charge in [-0.3, -0.25) is 4.79 Å². The van der Waals surface area contributed by atoms with Gasteiger partial charge >= 0.3 is 11.8 Å². The summed E-state index contributed by atoms with van der Waals surface area (Å²) in [6.07, 6.45) is 3.85. The molecule has 9 nitrogen and oxygen atoms in total. The fourth-order valence-corrected chi connectivity index (χ4v) is 3.61. The van der Waals surface area contributed by atoms with E-state index in [0.717, 1.165) is 5.69 Å². The molecule has 0 aliphatic carbocycles. The molecule has 4 aromatic heterocycles. The van der Waals surface area contributed by atoms with Crippen molar-refractivity contribution in [3.05, 3.63) is 65.4 Å². The Morgan fingerprint density at radius 2 is 2.24 bits per heavy atom. The Kier molecular flexibility index (Phi) is 3.93. The minimum absolute atomic E-state index is 0.0144. The van der Waals surface area contributed by atoms with Gasteiger partial charge in [-0.05, 0) is 18.2 Å². The van der Waals surface area contributed by atoms with Crippen LogP contribution < -0.4 is 0 Å². The molecule has 0 saturated heterocycles. The van der Waals surface area contributed by atoms with Gasteiger partial charge in [0.05, 0.1) is 17.7 Å². The van der Waals surface area contributed by atoms with E-state index in [2.05, 4.69) is 25.3 Å². The molecule has 0 fully saturated rings. The van der Waals surface area contributed by atoms with Gasteiger partial charge in [0, 0.05) is 30.8 Å². The first-order valence-electron chi connectivity index (χ1n) is 9.33. The molecule has 5 rings (SSSR count). The molecule has 0 spiro atoms. The molecular weight excluding hydrogens is 377 g/mol. The van der Waals surface area contributed by atoms with Crippen LogP contribution in [0.25, 0.3) is 5.52 Å². The highest BCUT2D eigenvalue weighted by atomic mass is 19.1. The summed E-state index contributed by atoms with van der Waals surface area (Å²) in [6.45, 7) is 4.23. The fraction of sp³-hybridized carbons (Fsp3) is 0.316. The number of aromatic amines is 1. The molecule has 1 amide bonds. The summed E-state index contributed by atoms with van der Waals surface area (Å²) < 4.78 is 21.2. The Labute approximate surface area is 164 Å². The summed E-state index contributed by atoms with van der Waals surface area (Å²) in [4.78, 5) is 22.3. The highest BCUT2D eigenvalue weighted by Crippen LogP contribution is 2.34. The van der Waals surface area contributed by atoms with Gasteiger partial charge < -0.3 is 14.3 Å². The molecule has 29 heavy (non-hydrogen) atoms. The molecule has 5 heterocycles. The summed E-state index contributed by atoms with van der Waals surface area (Å²) in [5, 5.41) is 12.4. The summed E-state index contributed by atoms with van der Waals surface area (Å²) >= 11 is 0. The van der Waals surface area contributed by atoms with Crippen molar-refractivity contribution in [1.29, 1.82) is 0 Å². The molecule has 1 atom stereocenters. The molecule has 4 aromatic rings. The van der Waals surface area contributed by atoms with Crippen LogP contribution in [0.2, 0.25) is 0 Å². The Morgan fingerprint density at radius 3 is 3.00 bits per heavy atom. The smallest absolute Gasteiger partial charge is 0.312 e. The van der Waals surface area contributed by atoms with E-state index in [-0.39, 0.29) is 17.6 Å². The number of H-pyrrole nitrogens is 1. The van der Waals surface area contributed by atoms with Crippen LogP contribution in [0.4, 0.5) is 4.39 Å². The van der Waals surface area contributed by atoms with Gasteiger partial charge in [-0.15, -0.1) is 10.2 Å². The van der Waals surface area contributed by atoms with Crippen molar-refractivity contribution < 1.29 is 13.6 Å². The number of aromatic nitrogens is 6. The van der Waals surface area contributed by atoms with Crippen LogP contribution >= 0.6 is 0 Å². The summed E-state index contributed by atoms with van der Waals surface area (Å²) in [6, 6.07) is 3.99. The lowest BCUT2D eigenvalue weighted by atomic mass is 9.99. The zero-order valence-electron chi connectivity index (χ0n) is 15.8. The molecule has 0 saturated carbocycles. The number of pyridine rings is 1. The van der Waals surface area contributed by atoms with Crippen LogP contribution in [-0.4, -0.2) is 47.1 Å². The fourth-order valence-electron chi connectivity index (χ4n) is 3.61. The van der Waals surface area contributed by atoms with E-state index in [4.69, 9.17) is 4.42 Å². The van der Waals surface area contributed by atoms with Crippen LogP contribution in [0.5, 0.6) is 0 Å². The molecule has 10 heteroatoms. The molecule has 0 unspecified atom stereocenters. The van der Waals surface area contributed by atoms with Crippen LogP contribution in [0.15, 0.2) is 35.1 Å². The second-order valence-corrected chi connectivity index (χ2v) is 7.27. The number of nitrogens with one attached hydrogen (secondary N) is 1. The first-order valence-corrected chi connectivity index (χ1v) is 9.33. The van der Waals surface area contributed by atoms with E-state index in [9.17, 15) is 9.18 Å².